The van der Waals surface area contributed by atoms with Gasteiger partial charge in [-0.2, -0.15) is 0 Å². The summed E-state index contributed by atoms with van der Waals surface area (Å²) < 4.78 is 10.3. The molecule has 0 saturated heterocycles. The van der Waals surface area contributed by atoms with Crippen LogP contribution in [-0.4, -0.2) is 41.5 Å². The molecule has 7 nitrogen and oxygen atoms in total. The van der Waals surface area contributed by atoms with E-state index in [9.17, 15) is 14.9 Å². The maximum Gasteiger partial charge on any atom is 0.314 e. The van der Waals surface area contributed by atoms with Gasteiger partial charge in [0, 0.05) is 12.1 Å². The number of hydrogen-bond acceptors (Lipinski definition) is 5. The van der Waals surface area contributed by atoms with Gasteiger partial charge in [0.25, 0.3) is 5.91 Å². The Kier molecular flexibility index (Phi) is 6.15. The molecule has 0 heterocycles. The van der Waals surface area contributed by atoms with Crippen LogP contribution >= 0.6 is 0 Å². The standard InChI is InChI=1S/C15H22N2O5/c1-10(2)16(11(3)4)15(18)9-22-14-7-6-12(21-5)8-13(14)17(19)20/h6-8,10-11H,9H2,1-5H3. The van der Waals surface area contributed by atoms with Gasteiger partial charge in [0.15, 0.2) is 12.4 Å². The van der Waals surface area contributed by atoms with Gasteiger partial charge in [-0.3, -0.25) is 14.9 Å². The van der Waals surface area contributed by atoms with Crippen molar-refractivity contribution in [2.45, 2.75) is 39.8 Å². The lowest BCUT2D eigenvalue weighted by Crippen LogP contribution is -2.44. The molecule has 0 radical (unpaired) electrons. The second kappa shape index (κ2) is 7.63. The minimum Gasteiger partial charge on any atom is -0.496 e. The van der Waals surface area contributed by atoms with Gasteiger partial charge >= 0.3 is 5.69 Å². The molecule has 22 heavy (non-hydrogen) atoms. The molecular formula is C15H22N2O5. The highest BCUT2D eigenvalue weighted by Gasteiger charge is 2.22. The van der Waals surface area contributed by atoms with Gasteiger partial charge in [-0.15, -0.1) is 0 Å². The lowest BCUT2D eigenvalue weighted by Gasteiger charge is -2.30. The summed E-state index contributed by atoms with van der Waals surface area (Å²) >= 11 is 0. The highest BCUT2D eigenvalue weighted by atomic mass is 16.6. The number of nitrogens with zero attached hydrogens (tertiary/aromatic N) is 2. The Morgan fingerprint density at radius 2 is 1.86 bits per heavy atom. The molecule has 0 aliphatic rings. The molecule has 1 aromatic rings. The van der Waals surface area contributed by atoms with Crippen LogP contribution in [0.5, 0.6) is 11.5 Å². The molecule has 122 valence electrons. The Morgan fingerprint density at radius 3 is 2.32 bits per heavy atom. The molecule has 0 N–H and O–H groups in total. The molecule has 0 fully saturated rings. The quantitative estimate of drug-likeness (QED) is 0.571. The summed E-state index contributed by atoms with van der Waals surface area (Å²) in [6.07, 6.45) is 0. The van der Waals surface area contributed by atoms with Crippen molar-refractivity contribution in [3.05, 3.63) is 28.3 Å². The van der Waals surface area contributed by atoms with Gasteiger partial charge in [-0.1, -0.05) is 0 Å². The Balaban J connectivity index is 2.87. The van der Waals surface area contributed by atoms with Crippen molar-refractivity contribution in [2.24, 2.45) is 0 Å². The van der Waals surface area contributed by atoms with E-state index in [1.807, 2.05) is 27.7 Å². The average molecular weight is 310 g/mol. The fraction of sp³-hybridized carbons (Fsp3) is 0.533. The summed E-state index contributed by atoms with van der Waals surface area (Å²) in [5.74, 6) is 0.193. The van der Waals surface area contributed by atoms with E-state index in [0.717, 1.165) is 0 Å². The normalized spacial score (nSPS) is 10.7. The smallest absolute Gasteiger partial charge is 0.314 e. The maximum atomic E-state index is 12.2. The SMILES string of the molecule is COc1ccc(OCC(=O)N(C(C)C)C(C)C)c([N+](=O)[O-])c1. The number of carbonyl (C=O) groups is 1. The van der Waals surface area contributed by atoms with Crippen molar-refractivity contribution < 1.29 is 19.2 Å². The molecule has 0 aliphatic heterocycles. The van der Waals surface area contributed by atoms with E-state index in [1.165, 1.54) is 19.2 Å². The minimum absolute atomic E-state index is 0.0296. The first-order valence-electron chi connectivity index (χ1n) is 7.04. The Bertz CT molecular complexity index is 535. The molecule has 1 amide bonds. The van der Waals surface area contributed by atoms with Crippen molar-refractivity contribution in [3.8, 4) is 11.5 Å². The van der Waals surface area contributed by atoms with Crippen molar-refractivity contribution >= 4 is 11.6 Å². The molecular weight excluding hydrogens is 288 g/mol. The van der Waals surface area contributed by atoms with Crippen LogP contribution in [0.1, 0.15) is 27.7 Å². The van der Waals surface area contributed by atoms with Gasteiger partial charge in [-0.05, 0) is 39.8 Å². The van der Waals surface area contributed by atoms with E-state index in [-0.39, 0.29) is 36.0 Å². The van der Waals surface area contributed by atoms with Gasteiger partial charge in [0.1, 0.15) is 5.75 Å². The molecule has 7 heteroatoms. The number of methoxy groups -OCH3 is 1. The first-order chi connectivity index (χ1) is 10.3. The van der Waals surface area contributed by atoms with Crippen LogP contribution in [0.25, 0.3) is 0 Å². The summed E-state index contributed by atoms with van der Waals surface area (Å²) in [6.45, 7) is 7.40. The van der Waals surface area contributed by atoms with E-state index in [0.29, 0.717) is 5.75 Å². The monoisotopic (exact) mass is 310 g/mol. The predicted molar refractivity (Wildman–Crippen MR) is 82.3 cm³/mol. The van der Waals surface area contributed by atoms with Crippen LogP contribution in [0, 0.1) is 10.1 Å². The summed E-state index contributed by atoms with van der Waals surface area (Å²) in [6, 6.07) is 4.31. The third kappa shape index (κ3) is 4.34. The van der Waals surface area contributed by atoms with Crippen LogP contribution in [0.4, 0.5) is 5.69 Å². The molecule has 0 bridgehead atoms. The molecule has 0 atom stereocenters. The molecule has 0 spiro atoms. The van der Waals surface area contributed by atoms with Crippen molar-refractivity contribution in [3.63, 3.8) is 0 Å². The number of hydrogen-bond donors (Lipinski definition) is 0. The minimum atomic E-state index is -0.564. The predicted octanol–water partition coefficient (Wildman–Crippen LogP) is 2.63. The Hall–Kier alpha value is -2.31. The number of rotatable bonds is 7. The fourth-order valence-electron chi connectivity index (χ4n) is 2.28. The molecule has 0 saturated carbocycles. The summed E-state index contributed by atoms with van der Waals surface area (Å²) in [5.41, 5.74) is -0.229. The van der Waals surface area contributed by atoms with E-state index in [4.69, 9.17) is 9.47 Å². The summed E-state index contributed by atoms with van der Waals surface area (Å²) in [7, 11) is 1.42. The lowest BCUT2D eigenvalue weighted by atomic mass is 10.2. The molecule has 1 aromatic carbocycles. The highest BCUT2D eigenvalue weighted by molar-refractivity contribution is 5.78. The molecule has 0 aromatic heterocycles. The van der Waals surface area contributed by atoms with Crippen LogP contribution in [0.2, 0.25) is 0 Å². The van der Waals surface area contributed by atoms with Crippen LogP contribution < -0.4 is 9.47 Å². The summed E-state index contributed by atoms with van der Waals surface area (Å²) in [5, 5.41) is 11.1. The number of carbonyl (C=O) groups excluding carboxylic acids is 1. The van der Waals surface area contributed by atoms with Crippen LogP contribution in [-0.2, 0) is 4.79 Å². The fourth-order valence-corrected chi connectivity index (χ4v) is 2.28. The van der Waals surface area contributed by atoms with E-state index >= 15 is 0 Å². The first-order valence-corrected chi connectivity index (χ1v) is 7.04. The van der Waals surface area contributed by atoms with Gasteiger partial charge < -0.3 is 14.4 Å². The van der Waals surface area contributed by atoms with Crippen molar-refractivity contribution in [1.82, 2.24) is 4.90 Å². The molecule has 0 unspecified atom stereocenters. The zero-order valence-corrected chi connectivity index (χ0v) is 13.5. The molecule has 1 rings (SSSR count). The summed E-state index contributed by atoms with van der Waals surface area (Å²) in [4.78, 5) is 24.4. The second-order valence-corrected chi connectivity index (χ2v) is 5.37. The zero-order chi connectivity index (χ0) is 16.9. The van der Waals surface area contributed by atoms with E-state index in [2.05, 4.69) is 0 Å². The van der Waals surface area contributed by atoms with E-state index in [1.54, 1.807) is 11.0 Å². The number of benzene rings is 1. The van der Waals surface area contributed by atoms with Gasteiger partial charge in [0.05, 0.1) is 18.1 Å². The highest BCUT2D eigenvalue weighted by Crippen LogP contribution is 2.31. The average Bonchev–Trinajstić information content (AvgIpc) is 2.43. The molecule has 0 aliphatic carbocycles. The van der Waals surface area contributed by atoms with Crippen molar-refractivity contribution in [2.75, 3.05) is 13.7 Å². The number of nitro groups is 1. The third-order valence-corrected chi connectivity index (χ3v) is 3.11. The van der Waals surface area contributed by atoms with Crippen molar-refractivity contribution in [1.29, 1.82) is 0 Å². The maximum absolute atomic E-state index is 12.2. The van der Waals surface area contributed by atoms with Gasteiger partial charge in [0.2, 0.25) is 0 Å². The van der Waals surface area contributed by atoms with Crippen LogP contribution in [0.3, 0.4) is 0 Å². The lowest BCUT2D eigenvalue weighted by molar-refractivity contribution is -0.385. The second-order valence-electron chi connectivity index (χ2n) is 5.37. The Morgan fingerprint density at radius 1 is 1.27 bits per heavy atom. The number of nitro benzene ring substituents is 1. The van der Waals surface area contributed by atoms with Gasteiger partial charge in [-0.25, -0.2) is 0 Å². The number of ether oxygens (including phenoxy) is 2. The third-order valence-electron chi connectivity index (χ3n) is 3.11. The topological polar surface area (TPSA) is 81.9 Å². The van der Waals surface area contributed by atoms with Crippen LogP contribution in [0.15, 0.2) is 18.2 Å². The zero-order valence-electron chi connectivity index (χ0n) is 13.5. The largest absolute Gasteiger partial charge is 0.496 e. The Labute approximate surface area is 130 Å². The first kappa shape index (κ1) is 17.7. The number of amides is 1. The van der Waals surface area contributed by atoms with E-state index < -0.39 is 4.92 Å².